The number of nitrogens with two attached hydrogens (primary N) is 1. The molecule has 1 aromatic carbocycles. The number of hydrogen-bond donors (Lipinski definition) is 1. The Morgan fingerprint density at radius 1 is 1.17 bits per heavy atom. The molecule has 1 aliphatic heterocycles. The van der Waals surface area contributed by atoms with E-state index in [1.807, 2.05) is 6.92 Å². The van der Waals surface area contributed by atoms with Gasteiger partial charge in [-0.2, -0.15) is 10.5 Å². The van der Waals surface area contributed by atoms with Gasteiger partial charge in [0.25, 0.3) is 0 Å². The molecule has 3 rings (SSSR count). The van der Waals surface area contributed by atoms with Crippen molar-refractivity contribution in [3.63, 3.8) is 0 Å². The number of hydrogen-bond acceptors (Lipinski definition) is 6. The fraction of sp³-hybridized carbons (Fsp3) is 0.481. The van der Waals surface area contributed by atoms with Gasteiger partial charge in [0.05, 0.1) is 11.1 Å². The Morgan fingerprint density at radius 3 is 2.17 bits per heavy atom. The lowest BCUT2D eigenvalue weighted by atomic mass is 9.97. The molecule has 35 heavy (non-hydrogen) atoms. The second-order valence-corrected chi connectivity index (χ2v) is 10.5. The van der Waals surface area contributed by atoms with Gasteiger partial charge >= 0.3 is 0 Å². The lowest BCUT2D eigenvalue weighted by Gasteiger charge is -2.32. The zero-order valence-electron chi connectivity index (χ0n) is 21.1. The number of aromatic nitrogens is 1. The Kier molecular flexibility index (Phi) is 10.5. The molecule has 2 heterocycles. The monoisotopic (exact) mass is 495 g/mol. The van der Waals surface area contributed by atoms with Crippen molar-refractivity contribution in [2.75, 3.05) is 18.0 Å². The summed E-state index contributed by atoms with van der Waals surface area (Å²) in [6.45, 7) is 12.1. The summed E-state index contributed by atoms with van der Waals surface area (Å²) in [6.07, 6.45) is 2.48. The summed E-state index contributed by atoms with van der Waals surface area (Å²) < 4.78 is 13.4. The average Bonchev–Trinajstić information content (AvgIpc) is 2.82. The lowest BCUT2D eigenvalue weighted by molar-refractivity contribution is -0.117. The highest BCUT2D eigenvalue weighted by molar-refractivity contribution is 8.00. The number of piperidine rings is 1. The number of amides is 1. The van der Waals surface area contributed by atoms with Crippen molar-refractivity contribution < 1.29 is 9.18 Å². The number of rotatable bonds is 6. The summed E-state index contributed by atoms with van der Waals surface area (Å²) in [5.74, 6) is 0.964. The standard InChI is InChI=1S/C23H24FN5OS.C4H10/c1-3-17-18(12-25)22(29-10-8-14(2)9-11-29)28-23(19(17)13-26)31-20(21(27)30)15-4-6-16(24)7-5-15;1-4(2)3/h4-7,14,20H,3,8-11H2,1-2H3,(H2,27,30);4H,1-3H3. The molecule has 0 aliphatic carbocycles. The molecule has 0 radical (unpaired) electrons. The maximum absolute atomic E-state index is 13.4. The number of carbonyl (C=O) groups excluding carboxylic acids is 1. The molecular weight excluding hydrogens is 461 g/mol. The van der Waals surface area contributed by atoms with Crippen LogP contribution in [0.1, 0.15) is 75.0 Å². The largest absolute Gasteiger partial charge is 0.368 e. The molecule has 1 unspecified atom stereocenters. The summed E-state index contributed by atoms with van der Waals surface area (Å²) in [4.78, 5) is 19.0. The minimum Gasteiger partial charge on any atom is -0.368 e. The molecule has 0 spiro atoms. The van der Waals surface area contributed by atoms with E-state index in [0.717, 1.165) is 43.6 Å². The second-order valence-electron chi connectivity index (χ2n) is 9.40. The van der Waals surface area contributed by atoms with Crippen LogP contribution in [0.3, 0.4) is 0 Å². The molecule has 1 aromatic heterocycles. The number of carbonyl (C=O) groups is 1. The lowest BCUT2D eigenvalue weighted by Crippen LogP contribution is -2.34. The number of pyridine rings is 1. The van der Waals surface area contributed by atoms with E-state index in [0.29, 0.717) is 39.9 Å². The second kappa shape index (κ2) is 13.1. The van der Waals surface area contributed by atoms with Gasteiger partial charge in [-0.15, -0.1) is 0 Å². The summed E-state index contributed by atoms with van der Waals surface area (Å²) >= 11 is 1.07. The topological polar surface area (TPSA) is 107 Å². The fourth-order valence-corrected chi connectivity index (χ4v) is 4.82. The summed E-state index contributed by atoms with van der Waals surface area (Å²) in [7, 11) is 0. The average molecular weight is 496 g/mol. The van der Waals surface area contributed by atoms with Crippen LogP contribution in [0.15, 0.2) is 29.3 Å². The summed E-state index contributed by atoms with van der Waals surface area (Å²) in [6, 6.07) is 9.94. The van der Waals surface area contributed by atoms with Gasteiger partial charge in [0.2, 0.25) is 5.91 Å². The molecule has 186 valence electrons. The van der Waals surface area contributed by atoms with E-state index in [1.54, 1.807) is 0 Å². The maximum Gasteiger partial charge on any atom is 0.235 e. The number of halogens is 1. The van der Waals surface area contributed by atoms with Crippen molar-refractivity contribution in [1.29, 1.82) is 10.5 Å². The van der Waals surface area contributed by atoms with Gasteiger partial charge in [-0.1, -0.05) is 58.5 Å². The third-order valence-corrected chi connectivity index (χ3v) is 6.83. The molecule has 2 aromatic rings. The van der Waals surface area contributed by atoms with E-state index in [1.165, 1.54) is 24.3 Å². The van der Waals surface area contributed by atoms with Crippen molar-refractivity contribution in [3.8, 4) is 12.1 Å². The number of nitrogens with zero attached hydrogens (tertiary/aromatic N) is 4. The molecule has 8 heteroatoms. The van der Waals surface area contributed by atoms with Crippen molar-refractivity contribution >= 4 is 23.5 Å². The summed E-state index contributed by atoms with van der Waals surface area (Å²) in [5, 5.41) is 19.2. The predicted molar refractivity (Wildman–Crippen MR) is 138 cm³/mol. The van der Waals surface area contributed by atoms with E-state index in [2.05, 4.69) is 44.7 Å². The Hall–Kier alpha value is -3.10. The summed E-state index contributed by atoms with van der Waals surface area (Å²) in [5.41, 5.74) is 7.49. The Balaban J connectivity index is 0.00000100. The first-order chi connectivity index (χ1) is 16.6. The van der Waals surface area contributed by atoms with Gasteiger partial charge in [-0.25, -0.2) is 9.37 Å². The number of nitriles is 2. The highest BCUT2D eigenvalue weighted by Crippen LogP contribution is 2.40. The van der Waals surface area contributed by atoms with Crippen molar-refractivity contribution in [2.24, 2.45) is 17.6 Å². The minimum absolute atomic E-state index is 0.284. The molecule has 1 atom stereocenters. The van der Waals surface area contributed by atoms with Crippen LogP contribution >= 0.6 is 11.8 Å². The van der Waals surface area contributed by atoms with Gasteiger partial charge in [0.1, 0.15) is 34.0 Å². The third-order valence-electron chi connectivity index (χ3n) is 5.57. The first-order valence-electron chi connectivity index (χ1n) is 12.0. The van der Waals surface area contributed by atoms with Crippen LogP contribution in [0.4, 0.5) is 10.2 Å². The quantitative estimate of drug-likeness (QED) is 0.512. The SMILES string of the molecule is CC(C)C.CCc1c(C#N)c(SC(C(N)=O)c2ccc(F)cc2)nc(N2CCC(C)CC2)c1C#N. The first kappa shape index (κ1) is 28.1. The molecule has 2 N–H and O–H groups in total. The van der Waals surface area contributed by atoms with Crippen molar-refractivity contribution in [3.05, 3.63) is 52.3 Å². The molecule has 1 aliphatic rings. The van der Waals surface area contributed by atoms with E-state index < -0.39 is 17.0 Å². The van der Waals surface area contributed by atoms with E-state index in [-0.39, 0.29) is 5.56 Å². The van der Waals surface area contributed by atoms with E-state index in [4.69, 9.17) is 10.7 Å². The first-order valence-corrected chi connectivity index (χ1v) is 12.8. The molecule has 1 amide bonds. The van der Waals surface area contributed by atoms with Gasteiger partial charge < -0.3 is 10.6 Å². The minimum atomic E-state index is -0.841. The fourth-order valence-electron chi connectivity index (χ4n) is 3.76. The highest BCUT2D eigenvalue weighted by atomic mass is 32.2. The Labute approximate surface area is 212 Å². The van der Waals surface area contributed by atoms with Gasteiger partial charge in [0.15, 0.2) is 0 Å². The maximum atomic E-state index is 13.4. The van der Waals surface area contributed by atoms with Gasteiger partial charge in [-0.3, -0.25) is 4.79 Å². The molecule has 6 nitrogen and oxygen atoms in total. The Bertz CT molecular complexity index is 1090. The van der Waals surface area contributed by atoms with Gasteiger partial charge in [0, 0.05) is 13.1 Å². The number of benzene rings is 1. The zero-order valence-corrected chi connectivity index (χ0v) is 22.0. The van der Waals surface area contributed by atoms with Crippen LogP contribution in [0.2, 0.25) is 0 Å². The van der Waals surface area contributed by atoms with Crippen LogP contribution < -0.4 is 10.6 Å². The van der Waals surface area contributed by atoms with E-state index >= 15 is 0 Å². The zero-order chi connectivity index (χ0) is 26.1. The van der Waals surface area contributed by atoms with Crippen molar-refractivity contribution in [2.45, 2.75) is 64.2 Å². The number of thioether (sulfide) groups is 1. The molecule has 0 saturated carbocycles. The van der Waals surface area contributed by atoms with Crippen LogP contribution in [0.5, 0.6) is 0 Å². The molecular formula is C27H34FN5OS. The van der Waals surface area contributed by atoms with E-state index in [9.17, 15) is 19.7 Å². The molecule has 1 saturated heterocycles. The Morgan fingerprint density at radius 2 is 1.71 bits per heavy atom. The molecule has 0 bridgehead atoms. The normalized spacial score (nSPS) is 14.5. The van der Waals surface area contributed by atoms with Crippen LogP contribution in [-0.4, -0.2) is 24.0 Å². The van der Waals surface area contributed by atoms with Crippen LogP contribution in [0, 0.1) is 40.3 Å². The van der Waals surface area contributed by atoms with Crippen molar-refractivity contribution in [1.82, 2.24) is 4.98 Å². The van der Waals surface area contributed by atoms with Gasteiger partial charge in [-0.05, 0) is 54.4 Å². The number of primary amides is 1. The number of anilines is 1. The third kappa shape index (κ3) is 7.44. The van der Waals surface area contributed by atoms with Crippen LogP contribution in [-0.2, 0) is 11.2 Å². The highest BCUT2D eigenvalue weighted by Gasteiger charge is 2.28. The molecule has 1 fully saturated rings. The van der Waals surface area contributed by atoms with Crippen LogP contribution in [0.25, 0.3) is 0 Å². The predicted octanol–water partition coefficient (Wildman–Crippen LogP) is 5.74. The smallest absolute Gasteiger partial charge is 0.235 e.